The van der Waals surface area contributed by atoms with Gasteiger partial charge in [-0.15, -0.1) is 0 Å². The Balaban J connectivity index is 1.65. The smallest absolute Gasteiger partial charge is 0.289 e. The maximum atomic E-state index is 12.9. The standard InChI is InChI=1S/C19H24ClN3O3/c1-12(2)21-16(24)11-22-7-9-23(10-8-22)19(25)17-13(3)14-5-4-6-15(20)18(14)26-17/h4-6,12H,7-11H2,1-3H3,(H,21,24). The molecule has 2 aromatic rings. The van der Waals surface area contributed by atoms with Gasteiger partial charge < -0.3 is 14.6 Å². The van der Waals surface area contributed by atoms with Crippen LogP contribution in [0.1, 0.15) is 30.0 Å². The number of piperazine rings is 1. The second-order valence-electron chi connectivity index (χ2n) is 6.96. The van der Waals surface area contributed by atoms with Crippen molar-refractivity contribution in [1.82, 2.24) is 15.1 Å². The van der Waals surface area contributed by atoms with Crippen molar-refractivity contribution in [2.45, 2.75) is 26.8 Å². The summed E-state index contributed by atoms with van der Waals surface area (Å²) in [6, 6.07) is 5.64. The lowest BCUT2D eigenvalue weighted by molar-refractivity contribution is -0.123. The Bertz CT molecular complexity index is 823. The van der Waals surface area contributed by atoms with E-state index in [0.29, 0.717) is 49.1 Å². The third-order valence-electron chi connectivity index (χ3n) is 4.59. The fourth-order valence-corrected chi connectivity index (χ4v) is 3.45. The highest BCUT2D eigenvalue weighted by atomic mass is 35.5. The van der Waals surface area contributed by atoms with Crippen LogP contribution in [0.15, 0.2) is 22.6 Å². The molecule has 2 heterocycles. The average molecular weight is 378 g/mol. The van der Waals surface area contributed by atoms with E-state index in [1.54, 1.807) is 11.0 Å². The highest BCUT2D eigenvalue weighted by Crippen LogP contribution is 2.31. The van der Waals surface area contributed by atoms with Gasteiger partial charge in [0.2, 0.25) is 5.91 Å². The molecule has 2 amide bonds. The molecule has 0 spiro atoms. The summed E-state index contributed by atoms with van der Waals surface area (Å²) in [5.41, 5.74) is 1.37. The number of fused-ring (bicyclic) bond motifs is 1. The molecule has 0 radical (unpaired) electrons. The van der Waals surface area contributed by atoms with Crippen molar-refractivity contribution in [2.75, 3.05) is 32.7 Å². The van der Waals surface area contributed by atoms with Gasteiger partial charge in [-0.25, -0.2) is 0 Å². The summed E-state index contributed by atoms with van der Waals surface area (Å²) in [6.45, 7) is 8.58. The Morgan fingerprint density at radius 2 is 1.92 bits per heavy atom. The van der Waals surface area contributed by atoms with Gasteiger partial charge in [-0.2, -0.15) is 0 Å². The largest absolute Gasteiger partial charge is 0.449 e. The molecule has 0 bridgehead atoms. The number of hydrogen-bond donors (Lipinski definition) is 1. The molecule has 1 aliphatic heterocycles. The van der Waals surface area contributed by atoms with Crippen LogP contribution in [0.3, 0.4) is 0 Å². The average Bonchev–Trinajstić information content (AvgIpc) is 2.93. The van der Waals surface area contributed by atoms with Gasteiger partial charge in [0.1, 0.15) is 0 Å². The summed E-state index contributed by atoms with van der Waals surface area (Å²) in [5, 5.41) is 4.26. The Morgan fingerprint density at radius 1 is 1.23 bits per heavy atom. The van der Waals surface area contributed by atoms with E-state index in [0.717, 1.165) is 10.9 Å². The van der Waals surface area contributed by atoms with Gasteiger partial charge in [-0.3, -0.25) is 14.5 Å². The molecule has 1 saturated heterocycles. The normalized spacial score (nSPS) is 15.7. The van der Waals surface area contributed by atoms with Gasteiger partial charge in [0, 0.05) is 43.2 Å². The molecule has 1 aromatic heterocycles. The van der Waals surface area contributed by atoms with Gasteiger partial charge in [-0.05, 0) is 26.8 Å². The van der Waals surface area contributed by atoms with E-state index in [9.17, 15) is 9.59 Å². The fraction of sp³-hybridized carbons (Fsp3) is 0.474. The van der Waals surface area contributed by atoms with E-state index in [2.05, 4.69) is 10.2 Å². The number of benzene rings is 1. The van der Waals surface area contributed by atoms with Crippen LogP contribution in [0, 0.1) is 6.92 Å². The number of amides is 2. The third-order valence-corrected chi connectivity index (χ3v) is 4.88. The molecule has 140 valence electrons. The van der Waals surface area contributed by atoms with E-state index in [1.807, 2.05) is 32.9 Å². The summed E-state index contributed by atoms with van der Waals surface area (Å²) in [5.74, 6) is 0.239. The first-order valence-corrected chi connectivity index (χ1v) is 9.23. The van der Waals surface area contributed by atoms with E-state index < -0.39 is 0 Å². The number of furan rings is 1. The zero-order valence-corrected chi connectivity index (χ0v) is 16.1. The third kappa shape index (κ3) is 3.86. The Labute approximate surface area is 158 Å². The van der Waals surface area contributed by atoms with Crippen LogP contribution in [0.2, 0.25) is 5.02 Å². The van der Waals surface area contributed by atoms with Crippen molar-refractivity contribution in [3.63, 3.8) is 0 Å². The van der Waals surface area contributed by atoms with Gasteiger partial charge in [-0.1, -0.05) is 23.7 Å². The van der Waals surface area contributed by atoms with Crippen molar-refractivity contribution in [3.05, 3.63) is 34.5 Å². The Morgan fingerprint density at radius 3 is 2.54 bits per heavy atom. The van der Waals surface area contributed by atoms with Gasteiger partial charge in [0.15, 0.2) is 11.3 Å². The van der Waals surface area contributed by atoms with Crippen molar-refractivity contribution in [3.8, 4) is 0 Å². The Hall–Kier alpha value is -2.05. The number of halogens is 1. The molecule has 0 saturated carbocycles. The number of rotatable bonds is 4. The number of aryl methyl sites for hydroxylation is 1. The van der Waals surface area contributed by atoms with E-state index in [-0.39, 0.29) is 17.9 Å². The summed E-state index contributed by atoms with van der Waals surface area (Å²) in [6.07, 6.45) is 0. The van der Waals surface area contributed by atoms with Crippen molar-refractivity contribution < 1.29 is 14.0 Å². The first kappa shape index (κ1) is 18.7. The zero-order chi connectivity index (χ0) is 18.8. The van der Waals surface area contributed by atoms with Crippen LogP contribution in [0.5, 0.6) is 0 Å². The molecule has 3 rings (SSSR count). The van der Waals surface area contributed by atoms with Gasteiger partial charge in [0.25, 0.3) is 5.91 Å². The predicted molar refractivity (Wildman–Crippen MR) is 102 cm³/mol. The summed E-state index contributed by atoms with van der Waals surface area (Å²) >= 11 is 6.17. The van der Waals surface area contributed by atoms with Crippen LogP contribution in [0.25, 0.3) is 11.0 Å². The molecule has 6 nitrogen and oxygen atoms in total. The number of carbonyl (C=O) groups excluding carboxylic acids is 2. The van der Waals surface area contributed by atoms with Crippen molar-refractivity contribution in [1.29, 1.82) is 0 Å². The quantitative estimate of drug-likeness (QED) is 0.889. The zero-order valence-electron chi connectivity index (χ0n) is 15.3. The molecular formula is C19H24ClN3O3. The van der Waals surface area contributed by atoms with Crippen LogP contribution in [-0.4, -0.2) is 60.4 Å². The lowest BCUT2D eigenvalue weighted by atomic mass is 10.1. The fourth-order valence-electron chi connectivity index (χ4n) is 3.24. The van der Waals surface area contributed by atoms with Crippen molar-refractivity contribution in [2.24, 2.45) is 0 Å². The van der Waals surface area contributed by atoms with Crippen LogP contribution in [-0.2, 0) is 4.79 Å². The second kappa shape index (κ2) is 7.68. The van der Waals surface area contributed by atoms with Crippen molar-refractivity contribution >= 4 is 34.4 Å². The number of nitrogens with zero attached hydrogens (tertiary/aromatic N) is 2. The molecule has 0 atom stereocenters. The summed E-state index contributed by atoms with van der Waals surface area (Å²) in [4.78, 5) is 28.6. The lowest BCUT2D eigenvalue weighted by Crippen LogP contribution is -2.51. The van der Waals surface area contributed by atoms with Gasteiger partial charge >= 0.3 is 0 Å². The number of carbonyl (C=O) groups is 2. The summed E-state index contributed by atoms with van der Waals surface area (Å²) < 4.78 is 5.78. The number of para-hydroxylation sites is 1. The lowest BCUT2D eigenvalue weighted by Gasteiger charge is -2.34. The molecule has 0 aliphatic carbocycles. The van der Waals surface area contributed by atoms with Crippen LogP contribution >= 0.6 is 11.6 Å². The molecule has 1 aromatic carbocycles. The molecule has 1 fully saturated rings. The topological polar surface area (TPSA) is 65.8 Å². The molecular weight excluding hydrogens is 354 g/mol. The minimum absolute atomic E-state index is 0.0162. The van der Waals surface area contributed by atoms with E-state index >= 15 is 0 Å². The first-order valence-electron chi connectivity index (χ1n) is 8.85. The number of nitrogens with one attached hydrogen (secondary N) is 1. The molecule has 26 heavy (non-hydrogen) atoms. The molecule has 7 heteroatoms. The highest BCUT2D eigenvalue weighted by molar-refractivity contribution is 6.35. The molecule has 1 aliphatic rings. The minimum atomic E-state index is -0.124. The van der Waals surface area contributed by atoms with E-state index in [4.69, 9.17) is 16.0 Å². The highest BCUT2D eigenvalue weighted by Gasteiger charge is 2.27. The summed E-state index contributed by atoms with van der Waals surface area (Å²) in [7, 11) is 0. The maximum Gasteiger partial charge on any atom is 0.289 e. The Kier molecular flexibility index (Phi) is 5.53. The maximum absolute atomic E-state index is 12.9. The monoisotopic (exact) mass is 377 g/mol. The van der Waals surface area contributed by atoms with Crippen LogP contribution < -0.4 is 5.32 Å². The SMILES string of the molecule is Cc1c(C(=O)N2CCN(CC(=O)NC(C)C)CC2)oc2c(Cl)cccc12. The predicted octanol–water partition coefficient (Wildman–Crippen LogP) is 2.68. The molecule has 0 unspecified atom stereocenters. The number of hydrogen-bond acceptors (Lipinski definition) is 4. The van der Waals surface area contributed by atoms with E-state index in [1.165, 1.54) is 0 Å². The van der Waals surface area contributed by atoms with Gasteiger partial charge in [0.05, 0.1) is 11.6 Å². The minimum Gasteiger partial charge on any atom is -0.449 e. The van der Waals surface area contributed by atoms with Crippen LogP contribution in [0.4, 0.5) is 0 Å². The second-order valence-corrected chi connectivity index (χ2v) is 7.37. The first-order chi connectivity index (χ1) is 12.4. The molecule has 1 N–H and O–H groups in total.